The Kier molecular flexibility index (Phi) is 6.18. The molecule has 0 unspecified atom stereocenters. The number of rotatable bonds is 7. The van der Waals surface area contributed by atoms with Gasteiger partial charge >= 0.3 is 0 Å². The van der Waals surface area contributed by atoms with Crippen LogP contribution >= 0.6 is 0 Å². The summed E-state index contributed by atoms with van der Waals surface area (Å²) in [6.45, 7) is 1.95. The molecule has 2 aliphatic heterocycles. The lowest BCUT2D eigenvalue weighted by Crippen LogP contribution is -2.59. The van der Waals surface area contributed by atoms with Gasteiger partial charge in [-0.15, -0.1) is 0 Å². The average molecular weight is 561 g/mol. The highest BCUT2D eigenvalue weighted by Gasteiger charge is 2.46. The Morgan fingerprint density at radius 3 is 2.63 bits per heavy atom. The first-order valence-electron chi connectivity index (χ1n) is 12.9. The smallest absolute Gasteiger partial charge is 0.282 e. The highest BCUT2D eigenvalue weighted by atomic mass is 19.3. The van der Waals surface area contributed by atoms with E-state index in [9.17, 15) is 23.6 Å². The van der Waals surface area contributed by atoms with E-state index in [2.05, 4.69) is 38.8 Å². The number of amides is 2. The predicted molar refractivity (Wildman–Crippen MR) is 143 cm³/mol. The molecule has 12 nitrogen and oxygen atoms in total. The minimum absolute atomic E-state index is 0.0495. The van der Waals surface area contributed by atoms with Gasteiger partial charge in [-0.1, -0.05) is 6.92 Å². The van der Waals surface area contributed by atoms with Crippen molar-refractivity contribution >= 4 is 23.0 Å². The van der Waals surface area contributed by atoms with E-state index in [1.54, 1.807) is 35.2 Å². The number of aromatic nitrogens is 5. The van der Waals surface area contributed by atoms with Crippen molar-refractivity contribution in [1.29, 1.82) is 5.26 Å². The summed E-state index contributed by atoms with van der Waals surface area (Å²) in [5.41, 5.74) is 8.82. The summed E-state index contributed by atoms with van der Waals surface area (Å²) in [5.74, 6) is -3.88. The molecule has 41 heavy (non-hydrogen) atoms. The summed E-state index contributed by atoms with van der Waals surface area (Å²) in [5, 5.41) is 24.8. The standard InChI is InChI=1S/C27H26F2N10O2/c1-16-6-32-13-27(16,22-3-2-17(5-30)7-33-22)36-24-20(25(31)41)9-35-39-11-18(4-21(24)39)19-8-34-38(10-19)12-23(40)37-14-26(28,29)15-37/h2-4,7-11,16,32,36H,6,12-15H2,1H3,(H2,31,41)/t16-,27+/m0/s1. The van der Waals surface area contributed by atoms with E-state index in [0.29, 0.717) is 46.7 Å². The van der Waals surface area contributed by atoms with Crippen molar-refractivity contribution in [2.75, 3.05) is 31.5 Å². The second-order valence-corrected chi connectivity index (χ2v) is 10.6. The molecule has 0 radical (unpaired) electrons. The van der Waals surface area contributed by atoms with E-state index in [0.717, 1.165) is 4.90 Å². The molecule has 4 N–H and O–H groups in total. The summed E-state index contributed by atoms with van der Waals surface area (Å²) < 4.78 is 29.3. The minimum atomic E-state index is -2.83. The van der Waals surface area contributed by atoms with Crippen molar-refractivity contribution in [2.45, 2.75) is 24.9 Å². The first-order chi connectivity index (χ1) is 19.6. The third-order valence-corrected chi connectivity index (χ3v) is 7.76. The highest BCUT2D eigenvalue weighted by Crippen LogP contribution is 2.39. The van der Waals surface area contributed by atoms with Crippen molar-refractivity contribution in [3.05, 3.63) is 66.0 Å². The van der Waals surface area contributed by atoms with Crippen LogP contribution in [0.15, 0.2) is 49.2 Å². The first-order valence-corrected chi connectivity index (χ1v) is 12.9. The summed E-state index contributed by atoms with van der Waals surface area (Å²) in [4.78, 5) is 30.5. The first kappa shape index (κ1) is 26.3. The maximum absolute atomic E-state index is 13.1. The van der Waals surface area contributed by atoms with E-state index < -0.39 is 36.4 Å². The number of pyridine rings is 1. The molecule has 14 heteroatoms. The third kappa shape index (κ3) is 4.63. The zero-order chi connectivity index (χ0) is 28.9. The zero-order valence-corrected chi connectivity index (χ0v) is 22.0. The number of likely N-dealkylation sites (tertiary alicyclic amines) is 1. The molecule has 0 aliphatic carbocycles. The molecule has 0 aromatic carbocycles. The van der Waals surface area contributed by atoms with Crippen molar-refractivity contribution in [2.24, 2.45) is 11.7 Å². The lowest BCUT2D eigenvalue weighted by atomic mass is 9.84. The Balaban J connectivity index is 1.35. The Hall–Kier alpha value is -4.90. The van der Waals surface area contributed by atoms with E-state index in [1.807, 2.05) is 6.07 Å². The molecule has 2 saturated heterocycles. The zero-order valence-electron chi connectivity index (χ0n) is 22.0. The number of primary amides is 1. The van der Waals surface area contributed by atoms with Gasteiger partial charge in [0.05, 0.1) is 59.0 Å². The van der Waals surface area contributed by atoms with Crippen LogP contribution in [0.4, 0.5) is 14.5 Å². The van der Waals surface area contributed by atoms with E-state index >= 15 is 0 Å². The fourth-order valence-electron chi connectivity index (χ4n) is 5.41. The maximum atomic E-state index is 13.1. The number of alkyl halides is 2. The molecule has 0 bridgehead atoms. The van der Waals surface area contributed by atoms with E-state index in [1.165, 1.54) is 17.1 Å². The van der Waals surface area contributed by atoms with Crippen molar-refractivity contribution in [1.82, 2.24) is 34.6 Å². The Morgan fingerprint density at radius 1 is 1.20 bits per heavy atom. The maximum Gasteiger partial charge on any atom is 0.282 e. The number of nitriles is 1. The second-order valence-electron chi connectivity index (χ2n) is 10.6. The molecular formula is C27H26F2N10O2. The molecule has 0 saturated carbocycles. The second kappa shape index (κ2) is 9.63. The van der Waals surface area contributed by atoms with Gasteiger partial charge in [0.15, 0.2) is 0 Å². The minimum Gasteiger partial charge on any atom is -0.370 e. The van der Waals surface area contributed by atoms with Gasteiger partial charge in [0, 0.05) is 42.8 Å². The topological polar surface area (TPSA) is 159 Å². The number of anilines is 1. The monoisotopic (exact) mass is 560 g/mol. The van der Waals surface area contributed by atoms with Crippen LogP contribution in [-0.4, -0.2) is 73.2 Å². The molecule has 4 aromatic rings. The Bertz CT molecular complexity index is 1700. The van der Waals surface area contributed by atoms with Crippen LogP contribution < -0.4 is 16.4 Å². The molecule has 4 aromatic heterocycles. The number of hydrogen-bond acceptors (Lipinski definition) is 8. The number of nitrogens with two attached hydrogens (primary N) is 1. The number of fused-ring (bicyclic) bond motifs is 1. The molecule has 0 spiro atoms. The van der Waals surface area contributed by atoms with Gasteiger partial charge in [-0.3, -0.25) is 19.3 Å². The fraction of sp³-hybridized carbons (Fsp3) is 0.333. The Morgan fingerprint density at radius 2 is 2.00 bits per heavy atom. The number of hydrogen-bond donors (Lipinski definition) is 3. The fourth-order valence-corrected chi connectivity index (χ4v) is 5.41. The SMILES string of the molecule is C[C@H]1CNC[C@]1(Nc1c(C(N)=O)cnn2cc(-c3cnn(CC(=O)N4CC(F)(F)C4)c3)cc12)c1ccc(C#N)cn1. The lowest BCUT2D eigenvalue weighted by molar-refractivity contribution is -0.166. The van der Waals surface area contributed by atoms with Crippen LogP contribution in [0.1, 0.15) is 28.5 Å². The Labute approximate surface area is 232 Å². The number of nitrogens with one attached hydrogen (secondary N) is 2. The number of nitrogens with zero attached hydrogens (tertiary/aromatic N) is 7. The molecular weight excluding hydrogens is 534 g/mol. The molecule has 6 rings (SSSR count). The summed E-state index contributed by atoms with van der Waals surface area (Å²) in [7, 11) is 0. The normalized spacial score (nSPS) is 21.4. The van der Waals surface area contributed by atoms with Gasteiger partial charge in [0.25, 0.3) is 11.8 Å². The van der Waals surface area contributed by atoms with Crippen LogP contribution in [0.2, 0.25) is 0 Å². The van der Waals surface area contributed by atoms with Gasteiger partial charge in [0.2, 0.25) is 5.91 Å². The van der Waals surface area contributed by atoms with E-state index in [-0.39, 0.29) is 18.0 Å². The summed E-state index contributed by atoms with van der Waals surface area (Å²) >= 11 is 0. The predicted octanol–water partition coefficient (Wildman–Crippen LogP) is 1.59. The third-order valence-electron chi connectivity index (χ3n) is 7.76. The van der Waals surface area contributed by atoms with Gasteiger partial charge < -0.3 is 21.3 Å². The molecule has 2 atom stereocenters. The number of carbonyl (C=O) groups is 2. The van der Waals surface area contributed by atoms with Crippen LogP contribution in [0.3, 0.4) is 0 Å². The highest BCUT2D eigenvalue weighted by molar-refractivity contribution is 6.02. The van der Waals surface area contributed by atoms with Gasteiger partial charge in [-0.25, -0.2) is 13.3 Å². The summed E-state index contributed by atoms with van der Waals surface area (Å²) in [6.07, 6.45) is 7.90. The van der Waals surface area contributed by atoms with Crippen molar-refractivity contribution < 1.29 is 18.4 Å². The van der Waals surface area contributed by atoms with Gasteiger partial charge in [-0.2, -0.15) is 15.5 Å². The van der Waals surface area contributed by atoms with Crippen molar-refractivity contribution in [3.8, 4) is 17.2 Å². The number of carbonyl (C=O) groups excluding carboxylic acids is 2. The number of halogens is 2. The molecule has 2 aliphatic rings. The molecule has 210 valence electrons. The van der Waals surface area contributed by atoms with Crippen molar-refractivity contribution in [3.63, 3.8) is 0 Å². The van der Waals surface area contributed by atoms with Crippen LogP contribution in [0.25, 0.3) is 16.6 Å². The molecule has 2 amide bonds. The molecule has 6 heterocycles. The van der Waals surface area contributed by atoms with E-state index in [4.69, 9.17) is 5.73 Å². The van der Waals surface area contributed by atoms with Gasteiger partial charge in [0.1, 0.15) is 12.6 Å². The quantitative estimate of drug-likeness (QED) is 0.307. The average Bonchev–Trinajstić information content (AvgIpc) is 3.66. The van der Waals surface area contributed by atoms with Crippen LogP contribution in [0, 0.1) is 17.2 Å². The largest absolute Gasteiger partial charge is 0.370 e. The lowest BCUT2D eigenvalue weighted by Gasteiger charge is -2.38. The van der Waals surface area contributed by atoms with Crippen LogP contribution in [0.5, 0.6) is 0 Å². The molecule has 2 fully saturated rings. The van der Waals surface area contributed by atoms with Gasteiger partial charge in [-0.05, 0) is 24.1 Å². The summed E-state index contributed by atoms with van der Waals surface area (Å²) in [6, 6.07) is 7.42. The van der Waals surface area contributed by atoms with Crippen LogP contribution in [-0.2, 0) is 16.9 Å².